The molecule has 0 atom stereocenters. The number of nitrogens with zero attached hydrogens (tertiary/aromatic N) is 1. The van der Waals surface area contributed by atoms with E-state index in [1.165, 1.54) is 145 Å². The van der Waals surface area contributed by atoms with Crippen molar-refractivity contribution in [2.45, 2.75) is 142 Å². The number of carbonyl (C=O) groups is 1. The first-order valence-corrected chi connectivity index (χ1v) is 23.9. The van der Waals surface area contributed by atoms with Gasteiger partial charge in [-0.25, -0.2) is 4.79 Å². The minimum absolute atomic E-state index is 0.202. The molecule has 0 unspecified atom stereocenters. The average Bonchev–Trinajstić information content (AvgIpc) is 3.28. The molecule has 0 fully saturated rings. The Morgan fingerprint density at radius 2 is 0.767 bits per heavy atom. The summed E-state index contributed by atoms with van der Waals surface area (Å²) in [5.41, 5.74) is 6.41. The highest BCUT2D eigenvalue weighted by Gasteiger charge is 2.08. The van der Waals surface area contributed by atoms with Gasteiger partial charge in [0.25, 0.3) is 0 Å². The molecule has 3 aromatic rings. The zero-order valence-electron chi connectivity index (χ0n) is 38.0. The van der Waals surface area contributed by atoms with Crippen LogP contribution in [-0.2, 0) is 18.9 Å². The molecular weight excluding hydrogens is 743 g/mol. The molecule has 0 aromatic heterocycles. The Bertz CT molecular complexity index is 1490. The maximum absolute atomic E-state index is 12.4. The van der Waals surface area contributed by atoms with Crippen LogP contribution < -0.4 is 4.90 Å². The second-order valence-electron chi connectivity index (χ2n) is 16.3. The molecule has 0 aliphatic carbocycles. The molecule has 0 saturated carbocycles. The average molecular weight is 824 g/mol. The highest BCUT2D eigenvalue weighted by Crippen LogP contribution is 2.21. The normalized spacial score (nSPS) is 11.6. The minimum Gasteiger partial charge on any atom is -0.460 e. The van der Waals surface area contributed by atoms with Gasteiger partial charge < -0.3 is 23.8 Å². The lowest BCUT2D eigenvalue weighted by atomic mass is 10.1. The van der Waals surface area contributed by atoms with Crippen LogP contribution in [0.25, 0.3) is 24.3 Å². The number of hydrogen-bond acceptors (Lipinski definition) is 6. The van der Waals surface area contributed by atoms with Crippen LogP contribution in [0.4, 0.5) is 5.69 Å². The summed E-state index contributed by atoms with van der Waals surface area (Å²) in [6.07, 6.45) is 36.1. The van der Waals surface area contributed by atoms with Gasteiger partial charge in [-0.15, -0.1) is 0 Å². The maximum Gasteiger partial charge on any atom is 0.338 e. The summed E-state index contributed by atoms with van der Waals surface area (Å²) < 4.78 is 21.1. The molecule has 0 heterocycles. The van der Waals surface area contributed by atoms with E-state index in [0.29, 0.717) is 38.6 Å². The summed E-state index contributed by atoms with van der Waals surface area (Å²) in [5, 5.41) is 0. The van der Waals surface area contributed by atoms with Gasteiger partial charge in [0.05, 0.1) is 38.6 Å². The minimum atomic E-state index is -0.355. The van der Waals surface area contributed by atoms with E-state index in [1.54, 1.807) is 19.2 Å². The molecule has 0 spiro atoms. The van der Waals surface area contributed by atoms with Gasteiger partial charge in [0.1, 0.15) is 6.61 Å². The van der Waals surface area contributed by atoms with Gasteiger partial charge in [0.2, 0.25) is 0 Å². The third-order valence-corrected chi connectivity index (χ3v) is 11.1. The monoisotopic (exact) mass is 824 g/mol. The third kappa shape index (κ3) is 24.5. The molecule has 0 bridgehead atoms. The molecule has 0 saturated heterocycles. The van der Waals surface area contributed by atoms with Gasteiger partial charge in [-0.3, -0.25) is 0 Å². The zero-order valence-corrected chi connectivity index (χ0v) is 38.0. The number of carbonyl (C=O) groups excluding carboxylic acids is 1. The lowest BCUT2D eigenvalue weighted by Crippen LogP contribution is -2.25. The van der Waals surface area contributed by atoms with Crippen LogP contribution in [0.3, 0.4) is 0 Å². The van der Waals surface area contributed by atoms with Gasteiger partial charge in [-0.2, -0.15) is 0 Å². The van der Waals surface area contributed by atoms with Gasteiger partial charge in [0, 0.05) is 25.9 Å². The molecule has 0 N–H and O–H groups in total. The standard InChI is InChI=1S/C54H81NO5/c1-4-6-8-10-12-14-16-18-20-22-40-55(41-23-21-19-17-15-13-11-9-7-5-2)53-38-34-51(35-39-53)31-29-49-26-24-48(25-27-49)28-30-50-32-36-52(37-33-50)54(56)60-47-46-59-45-44-58-43-42-57-3/h24-39H,4-23,40-47H2,1-3H3/b30-28+,31-29+. The van der Waals surface area contributed by atoms with Gasteiger partial charge in [-0.05, 0) is 59.4 Å². The van der Waals surface area contributed by atoms with E-state index in [2.05, 4.69) is 91.6 Å². The first-order valence-electron chi connectivity index (χ1n) is 23.9. The highest BCUT2D eigenvalue weighted by molar-refractivity contribution is 5.89. The van der Waals surface area contributed by atoms with E-state index in [1.807, 2.05) is 12.1 Å². The Kier molecular flexibility index (Phi) is 29.5. The lowest BCUT2D eigenvalue weighted by molar-refractivity contribution is 0.00570. The van der Waals surface area contributed by atoms with Crippen LogP contribution in [0.2, 0.25) is 0 Å². The second kappa shape index (κ2) is 34.9. The van der Waals surface area contributed by atoms with Gasteiger partial charge in [-0.1, -0.05) is 202 Å². The first kappa shape index (κ1) is 50.6. The second-order valence-corrected chi connectivity index (χ2v) is 16.3. The molecule has 6 nitrogen and oxygen atoms in total. The summed E-state index contributed by atoms with van der Waals surface area (Å²) in [7, 11) is 1.64. The van der Waals surface area contributed by atoms with Crippen molar-refractivity contribution in [3.8, 4) is 0 Å². The van der Waals surface area contributed by atoms with Gasteiger partial charge >= 0.3 is 5.97 Å². The van der Waals surface area contributed by atoms with Gasteiger partial charge in [0.15, 0.2) is 0 Å². The van der Waals surface area contributed by atoms with Crippen molar-refractivity contribution in [2.75, 3.05) is 64.7 Å². The van der Waals surface area contributed by atoms with E-state index < -0.39 is 0 Å². The Labute approximate surface area is 366 Å². The molecule has 0 amide bonds. The number of ether oxygens (including phenoxy) is 4. The maximum atomic E-state index is 12.4. The number of esters is 1. The van der Waals surface area contributed by atoms with Crippen LogP contribution in [0.1, 0.15) is 175 Å². The number of unbranched alkanes of at least 4 members (excludes halogenated alkanes) is 18. The van der Waals surface area contributed by atoms with Crippen molar-refractivity contribution in [3.05, 3.63) is 101 Å². The third-order valence-electron chi connectivity index (χ3n) is 11.1. The van der Waals surface area contributed by atoms with Crippen molar-refractivity contribution in [2.24, 2.45) is 0 Å². The molecule has 0 radical (unpaired) electrons. The Morgan fingerprint density at radius 1 is 0.433 bits per heavy atom. The fourth-order valence-electron chi connectivity index (χ4n) is 7.32. The molecule has 60 heavy (non-hydrogen) atoms. The number of methoxy groups -OCH3 is 1. The molecule has 0 aliphatic rings. The first-order chi connectivity index (χ1) is 29.6. The molecule has 332 valence electrons. The Morgan fingerprint density at radius 3 is 1.17 bits per heavy atom. The lowest BCUT2D eigenvalue weighted by Gasteiger charge is -2.25. The van der Waals surface area contributed by atoms with Crippen molar-refractivity contribution in [1.29, 1.82) is 0 Å². The summed E-state index contributed by atoms with van der Waals surface area (Å²) in [6, 6.07) is 25.2. The molecule has 0 aliphatic heterocycles. The predicted molar refractivity (Wildman–Crippen MR) is 257 cm³/mol. The van der Waals surface area contributed by atoms with Crippen molar-refractivity contribution in [3.63, 3.8) is 0 Å². The molecule has 3 rings (SSSR count). The van der Waals surface area contributed by atoms with E-state index in [4.69, 9.17) is 18.9 Å². The van der Waals surface area contributed by atoms with E-state index in [-0.39, 0.29) is 12.6 Å². The Hall–Kier alpha value is -3.71. The summed E-state index contributed by atoms with van der Waals surface area (Å²) in [4.78, 5) is 15.1. The quantitative estimate of drug-likeness (QED) is 0.0328. The van der Waals surface area contributed by atoms with Crippen LogP contribution in [-0.4, -0.2) is 65.8 Å². The molecule has 6 heteroatoms. The van der Waals surface area contributed by atoms with E-state index >= 15 is 0 Å². The largest absolute Gasteiger partial charge is 0.460 e. The zero-order chi connectivity index (χ0) is 42.6. The molecular formula is C54H81NO5. The van der Waals surface area contributed by atoms with Crippen LogP contribution >= 0.6 is 0 Å². The smallest absolute Gasteiger partial charge is 0.338 e. The number of hydrogen-bond donors (Lipinski definition) is 0. The fourth-order valence-corrected chi connectivity index (χ4v) is 7.32. The van der Waals surface area contributed by atoms with Crippen LogP contribution in [0.5, 0.6) is 0 Å². The molecule has 3 aromatic carbocycles. The van der Waals surface area contributed by atoms with Crippen molar-refractivity contribution < 1.29 is 23.7 Å². The Balaban J connectivity index is 1.42. The van der Waals surface area contributed by atoms with E-state index in [9.17, 15) is 4.79 Å². The number of anilines is 1. The predicted octanol–water partition coefficient (Wildman–Crippen LogP) is 14.5. The topological polar surface area (TPSA) is 57.2 Å². The summed E-state index contributed by atoms with van der Waals surface area (Å²) in [5.74, 6) is -0.355. The van der Waals surface area contributed by atoms with Crippen LogP contribution in [0.15, 0.2) is 72.8 Å². The van der Waals surface area contributed by atoms with Crippen LogP contribution in [0, 0.1) is 0 Å². The van der Waals surface area contributed by atoms with E-state index in [0.717, 1.165) is 24.2 Å². The fraction of sp³-hybridized carbons (Fsp3) is 0.574. The summed E-state index contributed by atoms with van der Waals surface area (Å²) >= 11 is 0. The highest BCUT2D eigenvalue weighted by atomic mass is 16.6. The SMILES string of the molecule is CCCCCCCCCCCCN(CCCCCCCCCCCC)c1ccc(/C=C/c2ccc(/C=C/c3ccc(C(=O)OCCOCCOCCOC)cc3)cc2)cc1. The number of rotatable bonds is 37. The van der Waals surface area contributed by atoms with Crippen molar-refractivity contribution >= 4 is 36.0 Å². The van der Waals surface area contributed by atoms with Crippen molar-refractivity contribution in [1.82, 2.24) is 0 Å². The number of benzene rings is 3. The summed E-state index contributed by atoms with van der Waals surface area (Å²) in [6.45, 7) is 9.49.